The molecule has 1 aliphatic rings. The molecular weight excluding hydrogens is 258 g/mol. The van der Waals surface area contributed by atoms with Crippen molar-refractivity contribution >= 4 is 17.2 Å². The minimum absolute atomic E-state index is 0.0704. The average molecular weight is 281 g/mol. The maximum absolute atomic E-state index is 11.9. The first-order valence-corrected chi connectivity index (χ1v) is 8.04. The van der Waals surface area contributed by atoms with Crippen LogP contribution in [0.2, 0.25) is 0 Å². The molecule has 0 radical (unpaired) electrons. The van der Waals surface area contributed by atoms with E-state index in [2.05, 4.69) is 10.3 Å². The quantitative estimate of drug-likeness (QED) is 0.872. The first kappa shape index (κ1) is 14.5. The Hall–Kier alpha value is -0.940. The van der Waals surface area contributed by atoms with Gasteiger partial charge in [0, 0.05) is 11.9 Å². The topological polar surface area (TPSA) is 68.0 Å². The van der Waals surface area contributed by atoms with Crippen molar-refractivity contribution in [3.05, 3.63) is 16.1 Å². The smallest absolute Gasteiger partial charge is 0.270 e. The number of amides is 1. The van der Waals surface area contributed by atoms with Crippen molar-refractivity contribution in [2.75, 3.05) is 6.54 Å². The van der Waals surface area contributed by atoms with Crippen molar-refractivity contribution in [2.45, 2.75) is 51.5 Å². The third kappa shape index (κ3) is 4.28. The van der Waals surface area contributed by atoms with E-state index in [9.17, 15) is 4.79 Å². The van der Waals surface area contributed by atoms with Gasteiger partial charge in [0.05, 0.1) is 6.04 Å². The SMILES string of the molecule is CC(N)c1nc(C(=O)NCCC2CCCCC2)cs1. The van der Waals surface area contributed by atoms with Gasteiger partial charge in [-0.1, -0.05) is 32.1 Å². The summed E-state index contributed by atoms with van der Waals surface area (Å²) in [5, 5.41) is 5.57. The lowest BCUT2D eigenvalue weighted by atomic mass is 9.87. The zero-order chi connectivity index (χ0) is 13.7. The van der Waals surface area contributed by atoms with Gasteiger partial charge in [-0.2, -0.15) is 0 Å². The van der Waals surface area contributed by atoms with Crippen molar-refractivity contribution in [1.82, 2.24) is 10.3 Å². The molecule has 106 valence electrons. The molecule has 1 unspecified atom stereocenters. The highest BCUT2D eigenvalue weighted by Crippen LogP contribution is 2.25. The molecule has 0 spiro atoms. The van der Waals surface area contributed by atoms with Gasteiger partial charge in [0.15, 0.2) is 0 Å². The number of thiazole rings is 1. The maximum atomic E-state index is 11.9. The third-order valence-electron chi connectivity index (χ3n) is 3.71. The van der Waals surface area contributed by atoms with Gasteiger partial charge >= 0.3 is 0 Å². The van der Waals surface area contributed by atoms with Crippen LogP contribution in [0.5, 0.6) is 0 Å². The fourth-order valence-corrected chi connectivity index (χ4v) is 3.32. The van der Waals surface area contributed by atoms with Crippen LogP contribution in [0.15, 0.2) is 5.38 Å². The summed E-state index contributed by atoms with van der Waals surface area (Å²) in [4.78, 5) is 16.2. The van der Waals surface area contributed by atoms with E-state index < -0.39 is 0 Å². The second-order valence-electron chi connectivity index (χ2n) is 5.41. The number of rotatable bonds is 5. The van der Waals surface area contributed by atoms with Crippen molar-refractivity contribution in [3.63, 3.8) is 0 Å². The van der Waals surface area contributed by atoms with Gasteiger partial charge in [0.1, 0.15) is 10.7 Å². The van der Waals surface area contributed by atoms with E-state index in [1.165, 1.54) is 43.4 Å². The number of carbonyl (C=O) groups excluding carboxylic acids is 1. The van der Waals surface area contributed by atoms with E-state index in [0.717, 1.165) is 23.9 Å². The molecule has 1 saturated carbocycles. The molecule has 5 heteroatoms. The van der Waals surface area contributed by atoms with E-state index in [4.69, 9.17) is 5.73 Å². The predicted molar refractivity (Wildman–Crippen MR) is 78.2 cm³/mol. The molecule has 1 aromatic rings. The number of nitrogens with one attached hydrogen (secondary N) is 1. The van der Waals surface area contributed by atoms with Crippen LogP contribution in [0.1, 0.15) is 67.0 Å². The first-order chi connectivity index (χ1) is 9.16. The molecule has 0 saturated heterocycles. The Bertz CT molecular complexity index is 411. The van der Waals surface area contributed by atoms with E-state index >= 15 is 0 Å². The molecule has 1 aromatic heterocycles. The molecule has 1 amide bonds. The summed E-state index contributed by atoms with van der Waals surface area (Å²) in [7, 11) is 0. The summed E-state index contributed by atoms with van der Waals surface area (Å²) in [5.74, 6) is 0.725. The Balaban J connectivity index is 1.74. The standard InChI is InChI=1S/C14H23N3OS/c1-10(15)14-17-12(9-19-14)13(18)16-8-7-11-5-3-2-4-6-11/h9-11H,2-8,15H2,1H3,(H,16,18). The van der Waals surface area contributed by atoms with Crippen molar-refractivity contribution in [3.8, 4) is 0 Å². The van der Waals surface area contributed by atoms with Crippen LogP contribution in [0.3, 0.4) is 0 Å². The van der Waals surface area contributed by atoms with Crippen molar-refractivity contribution in [2.24, 2.45) is 11.7 Å². The molecular formula is C14H23N3OS. The van der Waals surface area contributed by atoms with Crippen LogP contribution in [0.4, 0.5) is 0 Å². The Labute approximate surface area is 118 Å². The average Bonchev–Trinajstić information content (AvgIpc) is 2.89. The highest BCUT2D eigenvalue weighted by molar-refractivity contribution is 7.09. The van der Waals surface area contributed by atoms with Crippen LogP contribution < -0.4 is 11.1 Å². The molecule has 1 fully saturated rings. The first-order valence-electron chi connectivity index (χ1n) is 7.16. The lowest BCUT2D eigenvalue weighted by Gasteiger charge is -2.21. The van der Waals surface area contributed by atoms with E-state index in [0.29, 0.717) is 5.69 Å². The van der Waals surface area contributed by atoms with Crippen molar-refractivity contribution in [1.29, 1.82) is 0 Å². The number of nitrogens with zero attached hydrogens (tertiary/aromatic N) is 1. The summed E-state index contributed by atoms with van der Waals surface area (Å²) < 4.78 is 0. The van der Waals surface area contributed by atoms with Gasteiger partial charge in [-0.15, -0.1) is 11.3 Å². The molecule has 0 aromatic carbocycles. The van der Waals surface area contributed by atoms with E-state index in [-0.39, 0.29) is 11.9 Å². The molecule has 3 N–H and O–H groups in total. The Morgan fingerprint density at radius 3 is 2.89 bits per heavy atom. The number of nitrogens with two attached hydrogens (primary N) is 1. The predicted octanol–water partition coefficient (Wildman–Crippen LogP) is 2.86. The fourth-order valence-electron chi connectivity index (χ4n) is 2.56. The number of carbonyl (C=O) groups is 1. The molecule has 19 heavy (non-hydrogen) atoms. The molecule has 4 nitrogen and oxygen atoms in total. The Kier molecular flexibility index (Phi) is 5.34. The number of hydrogen-bond acceptors (Lipinski definition) is 4. The summed E-state index contributed by atoms with van der Waals surface area (Å²) >= 11 is 1.45. The molecule has 1 aliphatic carbocycles. The monoisotopic (exact) mass is 281 g/mol. The summed E-state index contributed by atoms with van der Waals surface area (Å²) in [6, 6.07) is -0.103. The molecule has 1 heterocycles. The summed E-state index contributed by atoms with van der Waals surface area (Å²) in [6.45, 7) is 2.64. The van der Waals surface area contributed by atoms with Gasteiger partial charge in [0.2, 0.25) is 0 Å². The summed E-state index contributed by atoms with van der Waals surface area (Å²) in [6.07, 6.45) is 7.81. The van der Waals surface area contributed by atoms with Gasteiger partial charge in [-0.05, 0) is 19.3 Å². The van der Waals surface area contributed by atoms with Gasteiger partial charge in [-0.25, -0.2) is 4.98 Å². The Morgan fingerprint density at radius 1 is 1.53 bits per heavy atom. The van der Waals surface area contributed by atoms with Gasteiger partial charge < -0.3 is 11.1 Å². The van der Waals surface area contributed by atoms with Crippen LogP contribution in [0.25, 0.3) is 0 Å². The minimum atomic E-state index is -0.103. The fraction of sp³-hybridized carbons (Fsp3) is 0.714. The van der Waals surface area contributed by atoms with E-state index in [1.807, 2.05) is 6.92 Å². The highest BCUT2D eigenvalue weighted by atomic mass is 32.1. The zero-order valence-corrected chi connectivity index (χ0v) is 12.3. The highest BCUT2D eigenvalue weighted by Gasteiger charge is 2.15. The van der Waals surface area contributed by atoms with Crippen LogP contribution in [0, 0.1) is 5.92 Å². The lowest BCUT2D eigenvalue weighted by Crippen LogP contribution is -2.26. The van der Waals surface area contributed by atoms with Crippen LogP contribution >= 0.6 is 11.3 Å². The normalized spacial score (nSPS) is 18.2. The van der Waals surface area contributed by atoms with E-state index in [1.54, 1.807) is 5.38 Å². The minimum Gasteiger partial charge on any atom is -0.351 e. The number of aromatic nitrogens is 1. The van der Waals surface area contributed by atoms with Crippen molar-refractivity contribution < 1.29 is 4.79 Å². The second kappa shape index (κ2) is 7.01. The van der Waals surface area contributed by atoms with Crippen LogP contribution in [-0.2, 0) is 0 Å². The maximum Gasteiger partial charge on any atom is 0.270 e. The lowest BCUT2D eigenvalue weighted by molar-refractivity contribution is 0.0946. The summed E-state index contributed by atoms with van der Waals surface area (Å²) in [5.41, 5.74) is 6.24. The number of hydrogen-bond donors (Lipinski definition) is 2. The van der Waals surface area contributed by atoms with Gasteiger partial charge in [-0.3, -0.25) is 4.79 Å². The molecule has 2 rings (SSSR count). The van der Waals surface area contributed by atoms with Gasteiger partial charge in [0.25, 0.3) is 5.91 Å². The molecule has 0 aliphatic heterocycles. The second-order valence-corrected chi connectivity index (χ2v) is 6.30. The zero-order valence-electron chi connectivity index (χ0n) is 11.5. The molecule has 0 bridgehead atoms. The third-order valence-corrected chi connectivity index (χ3v) is 4.75. The van der Waals surface area contributed by atoms with Crippen LogP contribution in [-0.4, -0.2) is 17.4 Å². The Morgan fingerprint density at radius 2 is 2.26 bits per heavy atom. The molecule has 1 atom stereocenters. The largest absolute Gasteiger partial charge is 0.351 e.